The molecule has 0 fully saturated rings. The Labute approximate surface area is 79.4 Å². The molecule has 1 aromatic rings. The van der Waals surface area contributed by atoms with Crippen molar-refractivity contribution in [2.45, 2.75) is 19.8 Å². The minimum absolute atomic E-state index is 0.106. The van der Waals surface area contributed by atoms with Crippen molar-refractivity contribution >= 4 is 5.97 Å². The summed E-state index contributed by atoms with van der Waals surface area (Å²) in [6.07, 6.45) is -1.83. The number of hydrogen-bond acceptors (Lipinski definition) is 2. The molecule has 1 aromatic heterocycles. The zero-order valence-corrected chi connectivity index (χ0v) is 7.50. The second-order valence-electron chi connectivity index (χ2n) is 2.84. The molecule has 0 aliphatic heterocycles. The van der Waals surface area contributed by atoms with E-state index in [4.69, 9.17) is 5.11 Å². The van der Waals surface area contributed by atoms with Crippen molar-refractivity contribution in [3.05, 3.63) is 29.1 Å². The summed E-state index contributed by atoms with van der Waals surface area (Å²) in [4.78, 5) is 14.2. The maximum absolute atomic E-state index is 12.4. The molecule has 3 nitrogen and oxygen atoms in total. The highest BCUT2D eigenvalue weighted by atomic mass is 19.3. The zero-order chi connectivity index (χ0) is 10.7. The Balaban J connectivity index is 3.15. The number of carbonyl (C=O) groups is 1. The van der Waals surface area contributed by atoms with E-state index >= 15 is 0 Å². The van der Waals surface area contributed by atoms with E-state index in [0.717, 1.165) is 6.07 Å². The Morgan fingerprint density at radius 2 is 2.29 bits per heavy atom. The van der Waals surface area contributed by atoms with Gasteiger partial charge in [-0.3, -0.25) is 9.78 Å². The van der Waals surface area contributed by atoms with Crippen LogP contribution in [0.4, 0.5) is 8.78 Å². The van der Waals surface area contributed by atoms with Gasteiger partial charge in [0.15, 0.2) is 0 Å². The molecule has 0 spiro atoms. The smallest absolute Gasteiger partial charge is 0.307 e. The van der Waals surface area contributed by atoms with Crippen molar-refractivity contribution in [2.24, 2.45) is 0 Å². The first-order valence-electron chi connectivity index (χ1n) is 3.96. The topological polar surface area (TPSA) is 50.2 Å². The van der Waals surface area contributed by atoms with Crippen LogP contribution in [0.1, 0.15) is 23.2 Å². The van der Waals surface area contributed by atoms with Crippen LogP contribution in [0.25, 0.3) is 0 Å². The van der Waals surface area contributed by atoms with Gasteiger partial charge in [-0.1, -0.05) is 0 Å². The van der Waals surface area contributed by atoms with E-state index in [1.807, 2.05) is 0 Å². The molecular weight excluding hydrogens is 192 g/mol. The summed E-state index contributed by atoms with van der Waals surface area (Å²) in [6.45, 7) is 1.52. The van der Waals surface area contributed by atoms with E-state index in [9.17, 15) is 13.6 Å². The maximum atomic E-state index is 12.4. The number of carboxylic acid groups (broad SMARTS) is 1. The normalized spacial score (nSPS) is 10.6. The SMILES string of the molecule is Cc1nccc(C(F)F)c1CC(=O)O. The fraction of sp³-hybridized carbons (Fsp3) is 0.333. The monoisotopic (exact) mass is 201 g/mol. The number of alkyl halides is 2. The predicted molar refractivity (Wildman–Crippen MR) is 45.3 cm³/mol. The molecule has 0 radical (unpaired) electrons. The molecule has 14 heavy (non-hydrogen) atoms. The van der Waals surface area contributed by atoms with Gasteiger partial charge in [0.05, 0.1) is 6.42 Å². The third-order valence-electron chi connectivity index (χ3n) is 1.87. The molecule has 0 aliphatic carbocycles. The number of pyridine rings is 1. The van der Waals surface area contributed by atoms with Crippen molar-refractivity contribution in [3.8, 4) is 0 Å². The predicted octanol–water partition coefficient (Wildman–Crippen LogP) is 1.95. The van der Waals surface area contributed by atoms with E-state index in [-0.39, 0.29) is 11.1 Å². The van der Waals surface area contributed by atoms with Gasteiger partial charge in [-0.25, -0.2) is 8.78 Å². The third kappa shape index (κ3) is 2.25. The number of aromatic nitrogens is 1. The van der Waals surface area contributed by atoms with Crippen LogP contribution in [0.15, 0.2) is 12.3 Å². The molecule has 0 amide bonds. The average Bonchev–Trinajstić information content (AvgIpc) is 2.07. The number of aryl methyl sites for hydroxylation is 1. The quantitative estimate of drug-likeness (QED) is 0.813. The molecule has 1 heterocycles. The second-order valence-corrected chi connectivity index (χ2v) is 2.84. The number of aliphatic carboxylic acids is 1. The second kappa shape index (κ2) is 4.13. The van der Waals surface area contributed by atoms with Gasteiger partial charge in [0.2, 0.25) is 0 Å². The highest BCUT2D eigenvalue weighted by Gasteiger charge is 2.17. The van der Waals surface area contributed by atoms with Crippen molar-refractivity contribution in [1.82, 2.24) is 4.98 Å². The molecular formula is C9H9F2NO2. The van der Waals surface area contributed by atoms with Gasteiger partial charge in [0, 0.05) is 17.5 Å². The average molecular weight is 201 g/mol. The molecule has 0 aliphatic rings. The van der Waals surface area contributed by atoms with Gasteiger partial charge in [-0.15, -0.1) is 0 Å². The van der Waals surface area contributed by atoms with Crippen LogP contribution in [0.3, 0.4) is 0 Å². The van der Waals surface area contributed by atoms with Crippen LogP contribution in [0, 0.1) is 6.92 Å². The maximum Gasteiger partial charge on any atom is 0.307 e. The van der Waals surface area contributed by atoms with Crippen molar-refractivity contribution in [2.75, 3.05) is 0 Å². The van der Waals surface area contributed by atoms with Crippen LogP contribution >= 0.6 is 0 Å². The Kier molecular flexibility index (Phi) is 3.11. The van der Waals surface area contributed by atoms with Gasteiger partial charge in [-0.05, 0) is 18.6 Å². The molecule has 0 aromatic carbocycles. The lowest BCUT2D eigenvalue weighted by Gasteiger charge is -2.08. The fourth-order valence-corrected chi connectivity index (χ4v) is 1.20. The molecule has 1 rings (SSSR count). The number of hydrogen-bond donors (Lipinski definition) is 1. The van der Waals surface area contributed by atoms with Crippen LogP contribution in [-0.4, -0.2) is 16.1 Å². The Bertz CT molecular complexity index is 353. The van der Waals surface area contributed by atoms with E-state index in [1.165, 1.54) is 13.1 Å². The fourth-order valence-electron chi connectivity index (χ4n) is 1.20. The lowest BCUT2D eigenvalue weighted by Crippen LogP contribution is -2.07. The number of carboxylic acids is 1. The standard InChI is InChI=1S/C9H9F2NO2/c1-5-7(4-8(13)14)6(9(10)11)2-3-12-5/h2-3,9H,4H2,1H3,(H,13,14). The third-order valence-corrected chi connectivity index (χ3v) is 1.87. The summed E-state index contributed by atoms with van der Waals surface area (Å²) in [5.74, 6) is -1.14. The Hall–Kier alpha value is -1.52. The van der Waals surface area contributed by atoms with Crippen LogP contribution in [-0.2, 0) is 11.2 Å². The Morgan fingerprint density at radius 1 is 1.64 bits per heavy atom. The highest BCUT2D eigenvalue weighted by Crippen LogP contribution is 2.24. The van der Waals surface area contributed by atoms with E-state index in [0.29, 0.717) is 5.69 Å². The minimum Gasteiger partial charge on any atom is -0.481 e. The van der Waals surface area contributed by atoms with Crippen molar-refractivity contribution in [3.63, 3.8) is 0 Å². The van der Waals surface area contributed by atoms with E-state index in [2.05, 4.69) is 4.98 Å². The van der Waals surface area contributed by atoms with Crippen LogP contribution in [0.5, 0.6) is 0 Å². The van der Waals surface area contributed by atoms with Crippen LogP contribution in [0.2, 0.25) is 0 Å². The number of halogens is 2. The van der Waals surface area contributed by atoms with E-state index < -0.39 is 18.8 Å². The summed E-state index contributed by atoms with van der Waals surface area (Å²) in [5.41, 5.74) is 0.195. The number of rotatable bonds is 3. The summed E-state index contributed by atoms with van der Waals surface area (Å²) in [7, 11) is 0. The van der Waals surface area contributed by atoms with Crippen LogP contribution < -0.4 is 0 Å². The largest absolute Gasteiger partial charge is 0.481 e. The first-order chi connectivity index (χ1) is 6.52. The summed E-state index contributed by atoms with van der Waals surface area (Å²) in [6, 6.07) is 1.15. The molecule has 0 unspecified atom stereocenters. The van der Waals surface area contributed by atoms with Gasteiger partial charge < -0.3 is 5.11 Å². The molecule has 0 bridgehead atoms. The molecule has 0 saturated carbocycles. The zero-order valence-electron chi connectivity index (χ0n) is 7.50. The van der Waals surface area contributed by atoms with Gasteiger partial charge in [0.1, 0.15) is 0 Å². The number of nitrogens with zero attached hydrogens (tertiary/aromatic N) is 1. The first kappa shape index (κ1) is 10.6. The summed E-state index contributed by atoms with van der Waals surface area (Å²) < 4.78 is 24.9. The molecule has 76 valence electrons. The highest BCUT2D eigenvalue weighted by molar-refractivity contribution is 5.71. The molecule has 0 saturated heterocycles. The van der Waals surface area contributed by atoms with Gasteiger partial charge in [-0.2, -0.15) is 0 Å². The van der Waals surface area contributed by atoms with Gasteiger partial charge >= 0.3 is 5.97 Å². The molecule has 5 heteroatoms. The lowest BCUT2D eigenvalue weighted by molar-refractivity contribution is -0.136. The minimum atomic E-state index is -2.66. The molecule has 0 atom stereocenters. The summed E-state index contributed by atoms with van der Waals surface area (Å²) in [5, 5.41) is 8.52. The van der Waals surface area contributed by atoms with Crippen molar-refractivity contribution < 1.29 is 18.7 Å². The lowest BCUT2D eigenvalue weighted by atomic mass is 10.0. The Morgan fingerprint density at radius 3 is 2.79 bits per heavy atom. The molecule has 1 N–H and O–H groups in total. The van der Waals surface area contributed by atoms with Crippen molar-refractivity contribution in [1.29, 1.82) is 0 Å². The van der Waals surface area contributed by atoms with Gasteiger partial charge in [0.25, 0.3) is 6.43 Å². The summed E-state index contributed by atoms with van der Waals surface area (Å²) >= 11 is 0. The first-order valence-corrected chi connectivity index (χ1v) is 3.96. The van der Waals surface area contributed by atoms with E-state index in [1.54, 1.807) is 0 Å².